The van der Waals surface area contributed by atoms with E-state index in [4.69, 9.17) is 23.2 Å². The molecule has 0 aliphatic carbocycles. The molecule has 0 saturated heterocycles. The minimum atomic E-state index is -5.41. The van der Waals surface area contributed by atoms with Crippen LogP contribution in [0.1, 0.15) is 24.5 Å². The van der Waals surface area contributed by atoms with Gasteiger partial charge in [-0.05, 0) is 67.3 Å². The fraction of sp³-hybridized carbons (Fsp3) is 0.381. The van der Waals surface area contributed by atoms with Crippen molar-refractivity contribution < 1.29 is 31.2 Å². The van der Waals surface area contributed by atoms with Crippen LogP contribution < -0.4 is 4.47 Å². The fourth-order valence-electron chi connectivity index (χ4n) is 3.55. The van der Waals surface area contributed by atoms with Crippen LogP contribution in [0.25, 0.3) is 0 Å². The van der Waals surface area contributed by atoms with Crippen molar-refractivity contribution in [1.29, 1.82) is 0 Å². The van der Waals surface area contributed by atoms with Crippen molar-refractivity contribution in [1.82, 2.24) is 4.90 Å². The van der Waals surface area contributed by atoms with Gasteiger partial charge in [-0.25, -0.2) is 4.79 Å². The van der Waals surface area contributed by atoms with Crippen molar-refractivity contribution >= 4 is 44.9 Å². The van der Waals surface area contributed by atoms with Crippen molar-refractivity contribution in [3.05, 3.63) is 57.6 Å². The van der Waals surface area contributed by atoms with Crippen LogP contribution >= 0.6 is 23.2 Å². The van der Waals surface area contributed by atoms with Crippen LogP contribution in [0.5, 0.6) is 0 Å². The van der Waals surface area contributed by atoms with Crippen molar-refractivity contribution in [3.8, 4) is 0 Å². The maximum absolute atomic E-state index is 13.2. The number of fused-ring (bicyclic) bond motifs is 1. The van der Waals surface area contributed by atoms with Gasteiger partial charge in [-0.15, -0.1) is 0 Å². The average molecular weight is 525 g/mol. The van der Waals surface area contributed by atoms with E-state index < -0.39 is 27.1 Å². The van der Waals surface area contributed by atoms with E-state index in [1.54, 1.807) is 6.07 Å². The Morgan fingerprint density at radius 2 is 1.76 bits per heavy atom. The molecule has 0 unspecified atom stereocenters. The van der Waals surface area contributed by atoms with Crippen LogP contribution in [0.2, 0.25) is 10.0 Å². The number of hydrogen-bond donors (Lipinski definition) is 0. The molecule has 0 amide bonds. The number of carbonyl (C=O) groups is 1. The molecule has 1 heterocycles. The Bertz CT molecular complexity index is 1140. The normalized spacial score (nSPS) is 15.0. The highest BCUT2D eigenvalue weighted by atomic mass is 35.5. The van der Waals surface area contributed by atoms with E-state index in [2.05, 4.69) is 16.7 Å². The SMILES string of the molecule is CCCN1CCc2ccc(N(OC(=O)C(F)(F)F)S(=O)(=O)c3ccc(Cl)cc3Cl)cc2CC1. The Balaban J connectivity index is 2.05. The summed E-state index contributed by atoms with van der Waals surface area (Å²) in [6.45, 7) is 4.49. The fourth-order valence-corrected chi connectivity index (χ4v) is 5.53. The summed E-state index contributed by atoms with van der Waals surface area (Å²) in [5, 5.41) is -0.208. The zero-order valence-corrected chi connectivity index (χ0v) is 19.9. The summed E-state index contributed by atoms with van der Waals surface area (Å²) in [5.41, 5.74) is 1.46. The van der Waals surface area contributed by atoms with E-state index in [1.807, 2.05) is 0 Å². The summed E-state index contributed by atoms with van der Waals surface area (Å²) in [6.07, 6.45) is -3.17. The summed E-state index contributed by atoms with van der Waals surface area (Å²) >= 11 is 11.8. The number of sulfonamides is 1. The van der Waals surface area contributed by atoms with Gasteiger partial charge >= 0.3 is 12.1 Å². The zero-order chi connectivity index (χ0) is 24.4. The van der Waals surface area contributed by atoms with Crippen molar-refractivity contribution in [2.75, 3.05) is 24.1 Å². The smallest absolute Gasteiger partial charge is 0.317 e. The lowest BCUT2D eigenvalue weighted by Crippen LogP contribution is -2.39. The van der Waals surface area contributed by atoms with Crippen LogP contribution in [-0.4, -0.2) is 45.1 Å². The Morgan fingerprint density at radius 3 is 2.36 bits per heavy atom. The molecular weight excluding hydrogens is 504 g/mol. The first kappa shape index (κ1) is 25.6. The molecule has 3 rings (SSSR count). The number of carbonyl (C=O) groups excluding carboxylic acids is 1. The van der Waals surface area contributed by atoms with Crippen LogP contribution in [-0.2, 0) is 32.5 Å². The Labute approximate surface area is 199 Å². The van der Waals surface area contributed by atoms with Gasteiger partial charge in [0.2, 0.25) is 0 Å². The number of hydrogen-bond acceptors (Lipinski definition) is 5. The Morgan fingerprint density at radius 1 is 1.09 bits per heavy atom. The molecule has 0 atom stereocenters. The molecule has 2 aromatic rings. The Kier molecular flexibility index (Phi) is 7.83. The highest BCUT2D eigenvalue weighted by Gasteiger charge is 2.45. The molecule has 0 spiro atoms. The molecule has 1 aliphatic heterocycles. The summed E-state index contributed by atoms with van der Waals surface area (Å²) in [4.78, 5) is 17.7. The van der Waals surface area contributed by atoms with Gasteiger partial charge in [-0.1, -0.05) is 40.7 Å². The maximum Gasteiger partial charge on any atom is 0.493 e. The number of alkyl halides is 3. The first-order valence-corrected chi connectivity index (χ1v) is 12.3. The second-order valence-electron chi connectivity index (χ2n) is 7.48. The largest absolute Gasteiger partial charge is 0.493 e. The van der Waals surface area contributed by atoms with Gasteiger partial charge in [0.15, 0.2) is 0 Å². The first-order valence-electron chi connectivity index (χ1n) is 10.1. The van der Waals surface area contributed by atoms with Crippen LogP contribution in [0.3, 0.4) is 0 Å². The van der Waals surface area contributed by atoms with E-state index in [1.165, 1.54) is 18.2 Å². The number of rotatable bonds is 6. The van der Waals surface area contributed by atoms with Crippen molar-refractivity contribution in [2.45, 2.75) is 37.3 Å². The van der Waals surface area contributed by atoms with Crippen molar-refractivity contribution in [3.63, 3.8) is 0 Å². The van der Waals surface area contributed by atoms with Gasteiger partial charge in [-0.3, -0.25) is 0 Å². The maximum atomic E-state index is 13.2. The molecule has 6 nitrogen and oxygen atoms in total. The molecule has 33 heavy (non-hydrogen) atoms. The van der Waals surface area contributed by atoms with Gasteiger partial charge in [0.25, 0.3) is 10.0 Å². The number of anilines is 1. The topological polar surface area (TPSA) is 66.9 Å². The summed E-state index contributed by atoms with van der Waals surface area (Å²) in [5.74, 6) is -2.68. The first-order chi connectivity index (χ1) is 15.4. The molecule has 0 bridgehead atoms. The third-order valence-electron chi connectivity index (χ3n) is 5.12. The number of halogens is 5. The van der Waals surface area contributed by atoms with E-state index in [9.17, 15) is 26.4 Å². The molecule has 180 valence electrons. The summed E-state index contributed by atoms with van der Waals surface area (Å²) in [6, 6.07) is 7.73. The predicted molar refractivity (Wildman–Crippen MR) is 119 cm³/mol. The van der Waals surface area contributed by atoms with E-state index in [-0.39, 0.29) is 20.2 Å². The lowest BCUT2D eigenvalue weighted by molar-refractivity contribution is -0.199. The van der Waals surface area contributed by atoms with Gasteiger partial charge in [0, 0.05) is 18.1 Å². The van der Waals surface area contributed by atoms with E-state index >= 15 is 0 Å². The molecule has 0 saturated carbocycles. The molecule has 0 fully saturated rings. The molecule has 0 N–H and O–H groups in total. The van der Waals surface area contributed by atoms with E-state index in [0.29, 0.717) is 19.4 Å². The molecule has 12 heteroatoms. The van der Waals surface area contributed by atoms with E-state index in [0.717, 1.165) is 42.8 Å². The minimum Gasteiger partial charge on any atom is -0.317 e. The monoisotopic (exact) mass is 524 g/mol. The molecular formula is C21H21Cl2F3N2O4S. The summed E-state index contributed by atoms with van der Waals surface area (Å²) in [7, 11) is -4.82. The van der Waals surface area contributed by atoms with Gasteiger partial charge < -0.3 is 9.74 Å². The van der Waals surface area contributed by atoms with Crippen molar-refractivity contribution in [2.24, 2.45) is 0 Å². The van der Waals surface area contributed by atoms with Gasteiger partial charge in [-0.2, -0.15) is 21.6 Å². The second kappa shape index (κ2) is 10.1. The lowest BCUT2D eigenvalue weighted by atomic mass is 10.0. The minimum absolute atomic E-state index is 0.0348. The highest BCUT2D eigenvalue weighted by molar-refractivity contribution is 7.92. The summed E-state index contributed by atoms with van der Waals surface area (Å²) < 4.78 is 65.3. The predicted octanol–water partition coefficient (Wildman–Crippen LogP) is 5.02. The molecule has 2 aromatic carbocycles. The Hall–Kier alpha value is -2.01. The van der Waals surface area contributed by atoms with Crippen LogP contribution in [0.4, 0.5) is 18.9 Å². The quantitative estimate of drug-likeness (QED) is 0.496. The lowest BCUT2D eigenvalue weighted by Gasteiger charge is -2.24. The average Bonchev–Trinajstić information content (AvgIpc) is 2.93. The third kappa shape index (κ3) is 5.92. The number of nitrogens with zero attached hydrogens (tertiary/aromatic N) is 2. The van der Waals surface area contributed by atoms with Gasteiger partial charge in [0.05, 0.1) is 10.7 Å². The van der Waals surface area contributed by atoms with Crippen LogP contribution in [0, 0.1) is 0 Å². The number of benzene rings is 2. The van der Waals surface area contributed by atoms with Crippen LogP contribution in [0.15, 0.2) is 41.3 Å². The zero-order valence-electron chi connectivity index (χ0n) is 17.5. The highest BCUT2D eigenvalue weighted by Crippen LogP contribution is 2.33. The second-order valence-corrected chi connectivity index (χ2v) is 10.0. The molecule has 0 aromatic heterocycles. The van der Waals surface area contributed by atoms with Gasteiger partial charge in [0.1, 0.15) is 4.90 Å². The standard InChI is InChI=1S/C21H21Cl2F3N2O4S/c1-2-9-27-10-7-14-3-5-17(12-15(14)8-11-27)28(32-20(29)21(24,25)26)33(30,31)19-6-4-16(22)13-18(19)23/h3-6,12-13H,2,7-11H2,1H3. The third-order valence-corrected chi connectivity index (χ3v) is 7.42. The molecule has 0 radical (unpaired) electrons. The molecule has 1 aliphatic rings.